The van der Waals surface area contributed by atoms with Gasteiger partial charge < -0.3 is 19.5 Å². The summed E-state index contributed by atoms with van der Waals surface area (Å²) in [4.78, 5) is 21.3. The molecule has 0 aromatic heterocycles. The fourth-order valence-corrected chi connectivity index (χ4v) is 3.57. The summed E-state index contributed by atoms with van der Waals surface area (Å²) in [6, 6.07) is 5.15. The minimum atomic E-state index is -3.90. The van der Waals surface area contributed by atoms with Crippen LogP contribution in [-0.4, -0.2) is 24.2 Å². The number of hydrogen-bond donors (Lipinski definition) is 1. The second kappa shape index (κ2) is 7.88. The predicted octanol–water partition coefficient (Wildman–Crippen LogP) is 2.95. The summed E-state index contributed by atoms with van der Waals surface area (Å²) < 4.78 is 27.9. The van der Waals surface area contributed by atoms with E-state index >= 15 is 0 Å². The van der Waals surface area contributed by atoms with Crippen LogP contribution in [0, 0.1) is 10.1 Å². The summed E-state index contributed by atoms with van der Waals surface area (Å²) in [5, 5.41) is 10.8. The highest BCUT2D eigenvalue weighted by Gasteiger charge is 2.40. The average Bonchev–Trinajstić information content (AvgIpc) is 2.45. The zero-order chi connectivity index (χ0) is 16.8. The van der Waals surface area contributed by atoms with Gasteiger partial charge in [0, 0.05) is 17.7 Å². The number of rotatable bonds is 8. The summed E-state index contributed by atoms with van der Waals surface area (Å²) in [6.45, 7) is 3.23. The van der Waals surface area contributed by atoms with E-state index in [1.807, 2.05) is 0 Å². The van der Waals surface area contributed by atoms with Gasteiger partial charge in [-0.25, -0.2) is 4.79 Å². The van der Waals surface area contributed by atoms with Crippen LogP contribution in [-0.2, 0) is 18.3 Å². The number of carbonyl (C=O) groups excluding carboxylic acids is 1. The molecule has 2 N–H and O–H groups in total. The van der Waals surface area contributed by atoms with Crippen molar-refractivity contribution in [1.82, 2.24) is 0 Å². The van der Waals surface area contributed by atoms with Crippen LogP contribution in [0.1, 0.15) is 25.3 Å². The molecule has 0 bridgehead atoms. The van der Waals surface area contributed by atoms with Crippen LogP contribution < -0.4 is 5.73 Å². The monoisotopic (exact) mass is 332 g/mol. The molecule has 0 saturated heterocycles. The number of hydrogen-bond acceptors (Lipinski definition) is 7. The molecule has 0 aliphatic carbocycles. The smallest absolute Gasteiger partial charge is 0.405 e. The molecule has 0 aliphatic rings. The number of nitro benzene ring substituents is 1. The van der Waals surface area contributed by atoms with Crippen molar-refractivity contribution in [2.75, 3.05) is 13.2 Å². The number of amides is 1. The summed E-state index contributed by atoms with van der Waals surface area (Å²) in [5.41, 5.74) is 4.83. The van der Waals surface area contributed by atoms with Crippen LogP contribution in [0.25, 0.3) is 0 Å². The molecule has 1 aromatic rings. The third kappa shape index (κ3) is 4.52. The Morgan fingerprint density at radius 3 is 2.41 bits per heavy atom. The Labute approximate surface area is 127 Å². The molecular formula is C12H17N2O7P. The Kier molecular flexibility index (Phi) is 6.48. The minimum Gasteiger partial charge on any atom is -0.428 e. The van der Waals surface area contributed by atoms with Gasteiger partial charge in [-0.1, -0.05) is 12.1 Å². The predicted molar refractivity (Wildman–Crippen MR) is 77.4 cm³/mol. The molecule has 10 heteroatoms. The van der Waals surface area contributed by atoms with Crippen LogP contribution in [0.15, 0.2) is 24.3 Å². The third-order valence-electron chi connectivity index (χ3n) is 2.50. The van der Waals surface area contributed by atoms with Gasteiger partial charge in [0.05, 0.1) is 18.1 Å². The first-order valence-electron chi connectivity index (χ1n) is 6.43. The van der Waals surface area contributed by atoms with Crippen LogP contribution in [0.5, 0.6) is 0 Å². The van der Waals surface area contributed by atoms with Gasteiger partial charge in [-0.2, -0.15) is 0 Å². The number of primary amides is 1. The maximum atomic E-state index is 12.8. The number of benzene rings is 1. The molecule has 1 unspecified atom stereocenters. The number of non-ortho nitro benzene ring substituents is 1. The van der Waals surface area contributed by atoms with Crippen molar-refractivity contribution in [3.05, 3.63) is 39.9 Å². The Hall–Kier alpha value is -1.96. The van der Waals surface area contributed by atoms with Crippen molar-refractivity contribution in [2.24, 2.45) is 5.73 Å². The van der Waals surface area contributed by atoms with Crippen molar-refractivity contribution in [1.29, 1.82) is 0 Å². The zero-order valence-electron chi connectivity index (χ0n) is 12.1. The Bertz CT molecular complexity index is 583. The van der Waals surface area contributed by atoms with E-state index in [4.69, 9.17) is 19.5 Å². The van der Waals surface area contributed by atoms with Crippen LogP contribution >= 0.6 is 7.60 Å². The molecular weight excluding hydrogens is 315 g/mol. The maximum absolute atomic E-state index is 12.8. The first kappa shape index (κ1) is 18.1. The molecule has 1 atom stereocenters. The van der Waals surface area contributed by atoms with E-state index in [1.54, 1.807) is 13.8 Å². The lowest BCUT2D eigenvalue weighted by molar-refractivity contribution is -0.384. The maximum Gasteiger partial charge on any atom is 0.405 e. The van der Waals surface area contributed by atoms with Crippen molar-refractivity contribution >= 4 is 19.4 Å². The lowest BCUT2D eigenvalue weighted by Crippen LogP contribution is -2.19. The molecule has 0 heterocycles. The van der Waals surface area contributed by atoms with Crippen LogP contribution in [0.4, 0.5) is 10.5 Å². The molecule has 0 fully saturated rings. The standard InChI is InChI=1S/C12H17N2O7P/c1-3-19-22(18,20-4-2)11(21-12(13)15)9-6-5-7-10(8-9)14(16)17/h5-8,11H,3-4H2,1-2H3,(H2,13,15). The Balaban J connectivity index is 3.32. The molecule has 0 aliphatic heterocycles. The van der Waals surface area contributed by atoms with Gasteiger partial charge >= 0.3 is 13.7 Å². The van der Waals surface area contributed by atoms with Gasteiger partial charge in [-0.15, -0.1) is 0 Å². The van der Waals surface area contributed by atoms with Gasteiger partial charge in [0.15, 0.2) is 0 Å². The van der Waals surface area contributed by atoms with Crippen LogP contribution in [0.2, 0.25) is 0 Å². The summed E-state index contributed by atoms with van der Waals surface area (Å²) in [5.74, 6) is -1.48. The fraction of sp³-hybridized carbons (Fsp3) is 0.417. The topological polar surface area (TPSA) is 131 Å². The van der Waals surface area contributed by atoms with E-state index in [0.29, 0.717) is 0 Å². The zero-order valence-corrected chi connectivity index (χ0v) is 13.0. The number of nitrogens with two attached hydrogens (primary N) is 1. The van der Waals surface area contributed by atoms with E-state index in [-0.39, 0.29) is 24.5 Å². The van der Waals surface area contributed by atoms with Crippen molar-refractivity contribution in [3.63, 3.8) is 0 Å². The van der Waals surface area contributed by atoms with Crippen molar-refractivity contribution < 1.29 is 28.1 Å². The molecule has 1 rings (SSSR count). The van der Waals surface area contributed by atoms with Crippen LogP contribution in [0.3, 0.4) is 0 Å². The number of carbonyl (C=O) groups is 1. The fourth-order valence-electron chi connectivity index (χ4n) is 1.75. The molecule has 1 amide bonds. The van der Waals surface area contributed by atoms with Gasteiger partial charge in [0.2, 0.25) is 5.85 Å². The van der Waals surface area contributed by atoms with E-state index < -0.39 is 24.5 Å². The summed E-state index contributed by atoms with van der Waals surface area (Å²) in [7, 11) is -3.90. The largest absolute Gasteiger partial charge is 0.428 e. The van der Waals surface area contributed by atoms with E-state index in [2.05, 4.69) is 0 Å². The molecule has 122 valence electrons. The first-order chi connectivity index (χ1) is 10.3. The molecule has 22 heavy (non-hydrogen) atoms. The average molecular weight is 332 g/mol. The van der Waals surface area contributed by atoms with Gasteiger partial charge in [-0.3, -0.25) is 14.7 Å². The number of nitrogens with zero attached hydrogens (tertiary/aromatic N) is 1. The van der Waals surface area contributed by atoms with Gasteiger partial charge in [0.1, 0.15) is 0 Å². The van der Waals surface area contributed by atoms with E-state index in [0.717, 1.165) is 6.07 Å². The number of nitro groups is 1. The van der Waals surface area contributed by atoms with Gasteiger partial charge in [0.25, 0.3) is 5.69 Å². The lowest BCUT2D eigenvalue weighted by Gasteiger charge is -2.25. The normalized spacial score (nSPS) is 12.6. The highest BCUT2D eigenvalue weighted by Crippen LogP contribution is 2.61. The molecule has 1 aromatic carbocycles. The lowest BCUT2D eigenvalue weighted by atomic mass is 10.2. The quantitative estimate of drug-likeness (QED) is 0.440. The highest BCUT2D eigenvalue weighted by atomic mass is 31.2. The molecule has 0 spiro atoms. The Morgan fingerprint density at radius 1 is 1.36 bits per heavy atom. The van der Waals surface area contributed by atoms with Crippen molar-refractivity contribution in [3.8, 4) is 0 Å². The summed E-state index contributed by atoms with van der Waals surface area (Å²) in [6.07, 6.45) is -1.20. The van der Waals surface area contributed by atoms with E-state index in [1.165, 1.54) is 18.2 Å². The minimum absolute atomic E-state index is 0.0326. The molecule has 9 nitrogen and oxygen atoms in total. The highest BCUT2D eigenvalue weighted by molar-refractivity contribution is 7.54. The second-order valence-electron chi connectivity index (χ2n) is 4.02. The third-order valence-corrected chi connectivity index (χ3v) is 4.71. The van der Waals surface area contributed by atoms with Crippen molar-refractivity contribution in [2.45, 2.75) is 19.7 Å². The molecule has 0 saturated carbocycles. The summed E-state index contributed by atoms with van der Waals surface area (Å²) >= 11 is 0. The number of ether oxygens (including phenoxy) is 1. The Morgan fingerprint density at radius 2 is 1.95 bits per heavy atom. The first-order valence-corrected chi connectivity index (χ1v) is 8.04. The second-order valence-corrected chi connectivity index (χ2v) is 6.08. The van der Waals surface area contributed by atoms with Gasteiger partial charge in [-0.05, 0) is 13.8 Å². The van der Waals surface area contributed by atoms with E-state index in [9.17, 15) is 19.5 Å². The SMILES string of the molecule is CCOP(=O)(OCC)C(OC(N)=O)c1cccc([N+](=O)[O-])c1. The molecule has 0 radical (unpaired) electrons.